The molecule has 5 rings (SSSR count). The van der Waals surface area contributed by atoms with Gasteiger partial charge in [0.15, 0.2) is 0 Å². The van der Waals surface area contributed by atoms with E-state index in [1.807, 2.05) is 73.7 Å². The molecule has 0 fully saturated rings. The molecule has 0 atom stereocenters. The summed E-state index contributed by atoms with van der Waals surface area (Å²) in [6.45, 7) is 1.82. The van der Waals surface area contributed by atoms with Gasteiger partial charge in [0.05, 0.1) is 29.0 Å². The van der Waals surface area contributed by atoms with Crippen molar-refractivity contribution in [1.29, 1.82) is 0 Å². The van der Waals surface area contributed by atoms with Crippen LogP contribution in [-0.2, 0) is 4.79 Å². The molecule has 1 amide bonds. The van der Waals surface area contributed by atoms with Crippen LogP contribution in [0.25, 0.3) is 28.4 Å². The van der Waals surface area contributed by atoms with Gasteiger partial charge in [-0.1, -0.05) is 60.3 Å². The highest BCUT2D eigenvalue weighted by Gasteiger charge is 2.17. The Morgan fingerprint density at radius 2 is 1.79 bits per heavy atom. The fourth-order valence-electron chi connectivity index (χ4n) is 3.28. The number of furan rings is 1. The zero-order valence-corrected chi connectivity index (χ0v) is 18.5. The van der Waals surface area contributed by atoms with Crippen molar-refractivity contribution < 1.29 is 13.6 Å². The molecule has 8 nitrogen and oxygen atoms in total. The fraction of sp³-hybridized carbons (Fsp3) is 0.0833. The summed E-state index contributed by atoms with van der Waals surface area (Å²) < 4.78 is 12.6. The predicted molar refractivity (Wildman–Crippen MR) is 125 cm³/mol. The van der Waals surface area contributed by atoms with Gasteiger partial charge in [0, 0.05) is 11.6 Å². The minimum absolute atomic E-state index is 0.104. The van der Waals surface area contributed by atoms with E-state index in [1.54, 1.807) is 17.0 Å². The molecule has 2 aromatic carbocycles. The number of nitrogens with one attached hydrogen (secondary N) is 1. The van der Waals surface area contributed by atoms with E-state index in [2.05, 4.69) is 15.5 Å². The highest BCUT2D eigenvalue weighted by atomic mass is 32.2. The summed E-state index contributed by atoms with van der Waals surface area (Å²) in [5.41, 5.74) is 3.31. The van der Waals surface area contributed by atoms with Gasteiger partial charge in [-0.2, -0.15) is 5.10 Å². The molecule has 164 valence electrons. The van der Waals surface area contributed by atoms with Crippen molar-refractivity contribution in [2.24, 2.45) is 0 Å². The van der Waals surface area contributed by atoms with Gasteiger partial charge >= 0.3 is 0 Å². The minimum atomic E-state index is -0.212. The number of rotatable bonds is 7. The van der Waals surface area contributed by atoms with E-state index in [1.165, 1.54) is 0 Å². The van der Waals surface area contributed by atoms with Gasteiger partial charge in [-0.25, -0.2) is 4.68 Å². The molecular formula is C24H19N5O3S. The van der Waals surface area contributed by atoms with E-state index in [9.17, 15) is 4.79 Å². The molecule has 0 saturated carbocycles. The van der Waals surface area contributed by atoms with Crippen LogP contribution in [0.3, 0.4) is 0 Å². The van der Waals surface area contributed by atoms with Crippen molar-refractivity contribution in [3.05, 3.63) is 84.8 Å². The molecule has 0 aliphatic carbocycles. The zero-order chi connectivity index (χ0) is 22.6. The second-order valence-electron chi connectivity index (χ2n) is 7.13. The number of hydrogen-bond donors (Lipinski definition) is 1. The van der Waals surface area contributed by atoms with E-state index in [-0.39, 0.29) is 11.7 Å². The lowest BCUT2D eigenvalue weighted by Crippen LogP contribution is -2.16. The van der Waals surface area contributed by atoms with Crippen molar-refractivity contribution >= 4 is 23.5 Å². The van der Waals surface area contributed by atoms with Gasteiger partial charge in [-0.3, -0.25) is 4.79 Å². The van der Waals surface area contributed by atoms with Gasteiger partial charge in [0.25, 0.3) is 11.1 Å². The summed E-state index contributed by atoms with van der Waals surface area (Å²) in [7, 11) is 0. The number of amides is 1. The van der Waals surface area contributed by atoms with Crippen LogP contribution in [0.15, 0.2) is 93.1 Å². The highest BCUT2D eigenvalue weighted by Crippen LogP contribution is 2.27. The van der Waals surface area contributed by atoms with Gasteiger partial charge in [0.2, 0.25) is 5.91 Å². The molecule has 0 unspecified atom stereocenters. The Morgan fingerprint density at radius 3 is 2.52 bits per heavy atom. The summed E-state index contributed by atoms with van der Waals surface area (Å²) in [4.78, 5) is 12.7. The van der Waals surface area contributed by atoms with Crippen LogP contribution in [0, 0.1) is 6.92 Å². The van der Waals surface area contributed by atoms with Gasteiger partial charge < -0.3 is 14.2 Å². The topological polar surface area (TPSA) is 99.0 Å². The Kier molecular flexibility index (Phi) is 5.77. The Bertz CT molecular complexity index is 1380. The van der Waals surface area contributed by atoms with Crippen LogP contribution in [0.4, 0.5) is 5.82 Å². The third kappa shape index (κ3) is 4.58. The first kappa shape index (κ1) is 20.8. The van der Waals surface area contributed by atoms with Crippen LogP contribution in [0.2, 0.25) is 0 Å². The normalized spacial score (nSPS) is 10.9. The maximum Gasteiger partial charge on any atom is 0.277 e. The molecule has 1 N–H and O–H groups in total. The number of hydrogen-bond acceptors (Lipinski definition) is 7. The second-order valence-corrected chi connectivity index (χ2v) is 8.06. The summed E-state index contributed by atoms with van der Waals surface area (Å²) in [5.74, 6) is 1.52. The van der Waals surface area contributed by atoms with Crippen LogP contribution < -0.4 is 5.32 Å². The van der Waals surface area contributed by atoms with Crippen molar-refractivity contribution in [2.45, 2.75) is 12.1 Å². The van der Waals surface area contributed by atoms with Gasteiger partial charge in [-0.05, 0) is 25.1 Å². The summed E-state index contributed by atoms with van der Waals surface area (Å²) >= 11 is 1.16. The molecule has 5 aromatic rings. The van der Waals surface area contributed by atoms with E-state index >= 15 is 0 Å². The van der Waals surface area contributed by atoms with E-state index in [0.717, 1.165) is 34.3 Å². The SMILES string of the molecule is Cc1occc1-c1nnc(SCC(=O)Nc2cc(-c3ccccc3)nn2-c2ccccc2)o1. The zero-order valence-electron chi connectivity index (χ0n) is 17.6. The number of thioether (sulfide) groups is 1. The van der Waals surface area contributed by atoms with Crippen LogP contribution in [0.5, 0.6) is 0 Å². The molecule has 33 heavy (non-hydrogen) atoms. The lowest BCUT2D eigenvalue weighted by molar-refractivity contribution is -0.113. The minimum Gasteiger partial charge on any atom is -0.469 e. The van der Waals surface area contributed by atoms with Crippen molar-refractivity contribution in [2.75, 3.05) is 11.1 Å². The third-order valence-electron chi connectivity index (χ3n) is 4.87. The standard InChI is InChI=1S/C24H19N5O3S/c1-16-19(12-13-31-16)23-26-27-24(32-23)33-15-22(30)25-21-14-20(17-8-4-2-5-9-17)28-29(21)18-10-6-3-7-11-18/h2-14H,15H2,1H3,(H,25,30). The molecular weight excluding hydrogens is 438 g/mol. The molecule has 0 radical (unpaired) electrons. The van der Waals surface area contributed by atoms with Gasteiger partial charge in [0.1, 0.15) is 11.6 Å². The average molecular weight is 458 g/mol. The summed E-state index contributed by atoms with van der Waals surface area (Å²) in [6, 6.07) is 23.1. The lowest BCUT2D eigenvalue weighted by Gasteiger charge is -2.08. The van der Waals surface area contributed by atoms with Crippen LogP contribution in [-0.4, -0.2) is 31.6 Å². The smallest absolute Gasteiger partial charge is 0.277 e. The van der Waals surface area contributed by atoms with Crippen LogP contribution in [0.1, 0.15) is 5.76 Å². The summed E-state index contributed by atoms with van der Waals surface area (Å²) in [6.07, 6.45) is 1.56. The number of anilines is 1. The Balaban J connectivity index is 1.32. The molecule has 9 heteroatoms. The first-order chi connectivity index (χ1) is 16.2. The Hall–Kier alpha value is -4.11. The van der Waals surface area contributed by atoms with Crippen LogP contribution >= 0.6 is 11.8 Å². The number of aromatic nitrogens is 4. The van der Waals surface area contributed by atoms with E-state index < -0.39 is 0 Å². The first-order valence-electron chi connectivity index (χ1n) is 10.2. The van der Waals surface area contributed by atoms with Gasteiger partial charge in [-0.15, -0.1) is 10.2 Å². The summed E-state index contributed by atoms with van der Waals surface area (Å²) in [5, 5.41) is 16.0. The maximum atomic E-state index is 12.7. The molecule has 0 saturated heterocycles. The predicted octanol–water partition coefficient (Wildman–Crippen LogP) is 5.22. The maximum absolute atomic E-state index is 12.7. The molecule has 0 aliphatic heterocycles. The molecule has 0 aliphatic rings. The quantitative estimate of drug-likeness (QED) is 0.334. The molecule has 0 bridgehead atoms. The number of nitrogens with zero attached hydrogens (tertiary/aromatic N) is 4. The second kappa shape index (κ2) is 9.17. The highest BCUT2D eigenvalue weighted by molar-refractivity contribution is 7.99. The monoisotopic (exact) mass is 457 g/mol. The largest absolute Gasteiger partial charge is 0.469 e. The number of carbonyl (C=O) groups excluding carboxylic acids is 1. The Morgan fingerprint density at radius 1 is 1.03 bits per heavy atom. The lowest BCUT2D eigenvalue weighted by atomic mass is 10.2. The van der Waals surface area contributed by atoms with E-state index in [4.69, 9.17) is 13.9 Å². The number of para-hydroxylation sites is 1. The number of aryl methyl sites for hydroxylation is 1. The van der Waals surface area contributed by atoms with Crippen molar-refractivity contribution in [1.82, 2.24) is 20.0 Å². The fourth-order valence-corrected chi connectivity index (χ4v) is 3.84. The molecule has 3 heterocycles. The molecule has 3 aromatic heterocycles. The van der Waals surface area contributed by atoms with Crippen molar-refractivity contribution in [3.63, 3.8) is 0 Å². The number of benzene rings is 2. The average Bonchev–Trinajstić information content (AvgIpc) is 3.59. The molecule has 0 spiro atoms. The van der Waals surface area contributed by atoms with E-state index in [0.29, 0.717) is 22.7 Å². The first-order valence-corrected chi connectivity index (χ1v) is 11.2. The number of carbonyl (C=O) groups is 1. The third-order valence-corrected chi connectivity index (χ3v) is 5.69. The van der Waals surface area contributed by atoms with Crippen molar-refractivity contribution in [3.8, 4) is 28.4 Å². The Labute approximate surface area is 193 Å².